The molecule has 1 aliphatic carbocycles. The van der Waals surface area contributed by atoms with Gasteiger partial charge in [0.05, 0.1) is 5.60 Å². The Balaban J connectivity index is 1.90. The molecule has 0 spiro atoms. The van der Waals surface area contributed by atoms with Crippen molar-refractivity contribution < 1.29 is 4.74 Å². The minimum atomic E-state index is 0.0403. The molecule has 3 heteroatoms. The third-order valence-corrected chi connectivity index (χ3v) is 5.40. The van der Waals surface area contributed by atoms with Crippen molar-refractivity contribution in [3.8, 4) is 0 Å². The first-order valence-corrected chi connectivity index (χ1v) is 8.20. The van der Waals surface area contributed by atoms with Crippen LogP contribution in [0.15, 0.2) is 0 Å². The van der Waals surface area contributed by atoms with Gasteiger partial charge in [-0.05, 0) is 44.9 Å². The SMILES string of the molecule is CCC1CCCC(CN)(NCC2(C)CCCO2)CC1. The Labute approximate surface area is 118 Å². The van der Waals surface area contributed by atoms with Gasteiger partial charge < -0.3 is 15.8 Å². The summed E-state index contributed by atoms with van der Waals surface area (Å²) in [6.07, 6.45) is 10.2. The number of nitrogens with two attached hydrogens (primary N) is 1. The Morgan fingerprint density at radius 3 is 2.68 bits per heavy atom. The first-order chi connectivity index (χ1) is 9.11. The summed E-state index contributed by atoms with van der Waals surface area (Å²) >= 11 is 0. The zero-order valence-electron chi connectivity index (χ0n) is 12.8. The molecular weight excluding hydrogens is 236 g/mol. The van der Waals surface area contributed by atoms with Crippen molar-refractivity contribution in [1.29, 1.82) is 0 Å². The van der Waals surface area contributed by atoms with Gasteiger partial charge in [-0.25, -0.2) is 0 Å². The molecule has 0 aromatic rings. The Morgan fingerprint density at radius 2 is 2.05 bits per heavy atom. The van der Waals surface area contributed by atoms with Crippen molar-refractivity contribution in [2.24, 2.45) is 11.7 Å². The van der Waals surface area contributed by atoms with Crippen LogP contribution in [-0.2, 0) is 4.74 Å². The molecule has 3 atom stereocenters. The van der Waals surface area contributed by atoms with Crippen LogP contribution >= 0.6 is 0 Å². The molecule has 0 radical (unpaired) electrons. The van der Waals surface area contributed by atoms with Gasteiger partial charge in [0.15, 0.2) is 0 Å². The second-order valence-corrected chi connectivity index (χ2v) is 6.95. The normalized spacial score (nSPS) is 40.3. The second-order valence-electron chi connectivity index (χ2n) is 6.95. The predicted octanol–water partition coefficient (Wildman–Crippen LogP) is 2.83. The molecule has 1 saturated carbocycles. The van der Waals surface area contributed by atoms with Gasteiger partial charge in [0.2, 0.25) is 0 Å². The summed E-state index contributed by atoms with van der Waals surface area (Å²) in [6.45, 7) is 7.20. The fourth-order valence-corrected chi connectivity index (χ4v) is 3.69. The van der Waals surface area contributed by atoms with E-state index in [0.717, 1.165) is 25.6 Å². The zero-order chi connectivity index (χ0) is 13.8. The molecule has 1 saturated heterocycles. The minimum Gasteiger partial charge on any atom is -0.374 e. The Hall–Kier alpha value is -0.120. The van der Waals surface area contributed by atoms with Crippen molar-refractivity contribution in [3.63, 3.8) is 0 Å². The van der Waals surface area contributed by atoms with Crippen LogP contribution in [0.4, 0.5) is 0 Å². The van der Waals surface area contributed by atoms with Gasteiger partial charge in [-0.2, -0.15) is 0 Å². The molecule has 0 bridgehead atoms. The van der Waals surface area contributed by atoms with E-state index in [9.17, 15) is 0 Å². The zero-order valence-corrected chi connectivity index (χ0v) is 12.8. The van der Waals surface area contributed by atoms with Gasteiger partial charge in [0, 0.05) is 25.2 Å². The molecular formula is C16H32N2O. The highest BCUT2D eigenvalue weighted by Crippen LogP contribution is 2.32. The highest BCUT2D eigenvalue weighted by molar-refractivity contribution is 4.95. The maximum Gasteiger partial charge on any atom is 0.0779 e. The molecule has 3 nitrogen and oxygen atoms in total. The summed E-state index contributed by atoms with van der Waals surface area (Å²) in [5, 5.41) is 3.80. The number of nitrogens with one attached hydrogen (secondary N) is 1. The quantitative estimate of drug-likeness (QED) is 0.754. The Bertz CT molecular complexity index is 276. The fourth-order valence-electron chi connectivity index (χ4n) is 3.69. The number of hydrogen-bond donors (Lipinski definition) is 2. The summed E-state index contributed by atoms with van der Waals surface area (Å²) < 4.78 is 5.89. The Kier molecular flexibility index (Phi) is 5.27. The van der Waals surface area contributed by atoms with Gasteiger partial charge in [0.1, 0.15) is 0 Å². The van der Waals surface area contributed by atoms with Crippen molar-refractivity contribution in [1.82, 2.24) is 5.32 Å². The fraction of sp³-hybridized carbons (Fsp3) is 1.00. The summed E-state index contributed by atoms with van der Waals surface area (Å²) in [4.78, 5) is 0. The van der Waals surface area contributed by atoms with Gasteiger partial charge in [-0.15, -0.1) is 0 Å². The van der Waals surface area contributed by atoms with E-state index in [-0.39, 0.29) is 11.1 Å². The first kappa shape index (κ1) is 15.3. The standard InChI is InChI=1S/C16H32N2O/c1-3-14-6-4-9-16(12-17,10-7-14)18-13-15(2)8-5-11-19-15/h14,18H,3-13,17H2,1-2H3. The molecule has 0 amide bonds. The summed E-state index contributed by atoms with van der Waals surface area (Å²) in [5.74, 6) is 0.911. The van der Waals surface area contributed by atoms with Crippen LogP contribution in [0.2, 0.25) is 0 Å². The number of ether oxygens (including phenoxy) is 1. The lowest BCUT2D eigenvalue weighted by molar-refractivity contribution is 0.0133. The predicted molar refractivity (Wildman–Crippen MR) is 80.2 cm³/mol. The molecule has 0 aromatic heterocycles. The van der Waals surface area contributed by atoms with Gasteiger partial charge in [0.25, 0.3) is 0 Å². The number of hydrogen-bond acceptors (Lipinski definition) is 3. The van der Waals surface area contributed by atoms with Crippen LogP contribution in [0.5, 0.6) is 0 Å². The minimum absolute atomic E-state index is 0.0403. The maximum absolute atomic E-state index is 6.12. The van der Waals surface area contributed by atoms with Crippen LogP contribution < -0.4 is 11.1 Å². The van der Waals surface area contributed by atoms with Crippen molar-refractivity contribution in [2.45, 2.75) is 76.4 Å². The highest BCUT2D eigenvalue weighted by Gasteiger charge is 2.36. The molecule has 0 aromatic carbocycles. The largest absolute Gasteiger partial charge is 0.374 e. The summed E-state index contributed by atoms with van der Waals surface area (Å²) in [5.41, 5.74) is 6.33. The van der Waals surface area contributed by atoms with Crippen LogP contribution in [0.3, 0.4) is 0 Å². The van der Waals surface area contributed by atoms with Crippen LogP contribution in [0.25, 0.3) is 0 Å². The summed E-state index contributed by atoms with van der Waals surface area (Å²) in [7, 11) is 0. The Morgan fingerprint density at radius 1 is 1.21 bits per heavy atom. The average molecular weight is 268 g/mol. The molecule has 2 aliphatic rings. The van der Waals surface area contributed by atoms with Crippen LogP contribution in [0, 0.1) is 5.92 Å². The van der Waals surface area contributed by atoms with E-state index in [1.54, 1.807) is 0 Å². The van der Waals surface area contributed by atoms with E-state index < -0.39 is 0 Å². The van der Waals surface area contributed by atoms with E-state index in [1.807, 2.05) is 0 Å². The van der Waals surface area contributed by atoms with Crippen LogP contribution in [0.1, 0.15) is 65.2 Å². The molecule has 2 rings (SSSR count). The molecule has 2 fully saturated rings. The third-order valence-electron chi connectivity index (χ3n) is 5.40. The lowest BCUT2D eigenvalue weighted by atomic mass is 9.88. The van der Waals surface area contributed by atoms with Crippen LogP contribution in [-0.4, -0.2) is 30.8 Å². The third kappa shape index (κ3) is 3.93. The maximum atomic E-state index is 6.12. The van der Waals surface area contributed by atoms with Crippen molar-refractivity contribution in [2.75, 3.05) is 19.7 Å². The van der Waals surface area contributed by atoms with E-state index in [1.165, 1.54) is 51.4 Å². The molecule has 3 N–H and O–H groups in total. The smallest absolute Gasteiger partial charge is 0.0779 e. The lowest BCUT2D eigenvalue weighted by Crippen LogP contribution is -2.55. The summed E-state index contributed by atoms with van der Waals surface area (Å²) in [6, 6.07) is 0. The number of rotatable bonds is 5. The molecule has 112 valence electrons. The van der Waals surface area contributed by atoms with Crippen molar-refractivity contribution >= 4 is 0 Å². The molecule has 3 unspecified atom stereocenters. The molecule has 19 heavy (non-hydrogen) atoms. The lowest BCUT2D eigenvalue weighted by Gasteiger charge is -2.36. The second kappa shape index (κ2) is 6.55. The van der Waals surface area contributed by atoms with E-state index in [0.29, 0.717) is 0 Å². The van der Waals surface area contributed by atoms with Gasteiger partial charge >= 0.3 is 0 Å². The van der Waals surface area contributed by atoms with E-state index >= 15 is 0 Å². The van der Waals surface area contributed by atoms with E-state index in [4.69, 9.17) is 10.5 Å². The topological polar surface area (TPSA) is 47.3 Å². The van der Waals surface area contributed by atoms with Gasteiger partial charge in [-0.3, -0.25) is 0 Å². The monoisotopic (exact) mass is 268 g/mol. The van der Waals surface area contributed by atoms with Crippen molar-refractivity contribution in [3.05, 3.63) is 0 Å². The average Bonchev–Trinajstić information content (AvgIpc) is 2.75. The molecule has 1 aliphatic heterocycles. The van der Waals surface area contributed by atoms with E-state index in [2.05, 4.69) is 19.2 Å². The van der Waals surface area contributed by atoms with Gasteiger partial charge in [-0.1, -0.05) is 26.2 Å². The first-order valence-electron chi connectivity index (χ1n) is 8.20. The molecule has 1 heterocycles. The highest BCUT2D eigenvalue weighted by atomic mass is 16.5.